The molecule has 2 N–H and O–H groups in total. The molecule has 0 saturated carbocycles. The van der Waals surface area contributed by atoms with Gasteiger partial charge in [-0.1, -0.05) is 0 Å². The normalized spacial score (nSPS) is 23.4. The molecule has 18 heavy (non-hydrogen) atoms. The second-order valence-electron chi connectivity index (χ2n) is 4.43. The highest BCUT2D eigenvalue weighted by molar-refractivity contribution is 5.86. The van der Waals surface area contributed by atoms with Gasteiger partial charge in [0.25, 0.3) is 0 Å². The van der Waals surface area contributed by atoms with Crippen LogP contribution >= 0.6 is 12.4 Å². The number of nitrogens with one attached hydrogen (secondary N) is 2. The third kappa shape index (κ3) is 4.44. The van der Waals surface area contributed by atoms with E-state index in [0.29, 0.717) is 19.6 Å². The minimum absolute atomic E-state index is 0. The average Bonchev–Trinajstić information content (AvgIpc) is 2.82. The van der Waals surface area contributed by atoms with Crippen LogP contribution in [0.2, 0.25) is 0 Å². The fourth-order valence-electron chi connectivity index (χ4n) is 2.11. The molecule has 7 heteroatoms. The average molecular weight is 278 g/mol. The lowest BCUT2D eigenvalue weighted by Crippen LogP contribution is -2.52. The SMILES string of the molecule is Cl.O=C1CN(C(=O)CNCC2CCCO2)CCN1. The van der Waals surface area contributed by atoms with Crippen molar-refractivity contribution in [2.24, 2.45) is 0 Å². The maximum Gasteiger partial charge on any atom is 0.239 e. The molecule has 0 bridgehead atoms. The molecule has 2 aliphatic rings. The van der Waals surface area contributed by atoms with E-state index in [1.165, 1.54) is 0 Å². The third-order valence-corrected chi connectivity index (χ3v) is 3.06. The van der Waals surface area contributed by atoms with Crippen molar-refractivity contribution in [3.05, 3.63) is 0 Å². The summed E-state index contributed by atoms with van der Waals surface area (Å²) in [6.45, 7) is 3.16. The lowest BCUT2D eigenvalue weighted by Gasteiger charge is -2.26. The van der Waals surface area contributed by atoms with Crippen LogP contribution in [-0.2, 0) is 14.3 Å². The Balaban J connectivity index is 0.00000162. The number of rotatable bonds is 4. The summed E-state index contributed by atoms with van der Waals surface area (Å²) in [5, 5.41) is 5.79. The summed E-state index contributed by atoms with van der Waals surface area (Å²) in [6.07, 6.45) is 2.41. The Morgan fingerprint density at radius 3 is 3.06 bits per heavy atom. The van der Waals surface area contributed by atoms with Gasteiger partial charge < -0.3 is 20.3 Å². The molecule has 2 heterocycles. The van der Waals surface area contributed by atoms with Crippen LogP contribution in [0.5, 0.6) is 0 Å². The van der Waals surface area contributed by atoms with Gasteiger partial charge in [-0.15, -0.1) is 12.4 Å². The van der Waals surface area contributed by atoms with Gasteiger partial charge in [-0.3, -0.25) is 9.59 Å². The highest BCUT2D eigenvalue weighted by Gasteiger charge is 2.21. The zero-order valence-electron chi connectivity index (χ0n) is 10.3. The van der Waals surface area contributed by atoms with E-state index >= 15 is 0 Å². The Labute approximate surface area is 113 Å². The lowest BCUT2D eigenvalue weighted by molar-refractivity contribution is -0.137. The highest BCUT2D eigenvalue weighted by atomic mass is 35.5. The maximum atomic E-state index is 11.8. The molecule has 2 amide bonds. The Hall–Kier alpha value is -0.850. The van der Waals surface area contributed by atoms with Crippen molar-refractivity contribution in [3.63, 3.8) is 0 Å². The highest BCUT2D eigenvalue weighted by Crippen LogP contribution is 2.10. The van der Waals surface area contributed by atoms with Crippen LogP contribution in [0, 0.1) is 0 Å². The number of amides is 2. The summed E-state index contributed by atoms with van der Waals surface area (Å²) in [5.41, 5.74) is 0. The number of carbonyl (C=O) groups excluding carboxylic acids is 2. The second kappa shape index (κ2) is 7.56. The van der Waals surface area contributed by atoms with Crippen LogP contribution in [0.4, 0.5) is 0 Å². The molecule has 0 spiro atoms. The van der Waals surface area contributed by atoms with Crippen LogP contribution in [0.15, 0.2) is 0 Å². The molecule has 1 atom stereocenters. The van der Waals surface area contributed by atoms with E-state index in [0.717, 1.165) is 19.4 Å². The molecule has 0 aromatic heterocycles. The zero-order chi connectivity index (χ0) is 12.1. The minimum atomic E-state index is -0.0799. The van der Waals surface area contributed by atoms with Crippen LogP contribution in [-0.4, -0.2) is 62.1 Å². The number of halogens is 1. The van der Waals surface area contributed by atoms with Crippen LogP contribution in [0.3, 0.4) is 0 Å². The van der Waals surface area contributed by atoms with Crippen LogP contribution in [0.1, 0.15) is 12.8 Å². The van der Waals surface area contributed by atoms with Crippen LogP contribution in [0.25, 0.3) is 0 Å². The molecule has 0 aliphatic carbocycles. The largest absolute Gasteiger partial charge is 0.377 e. The fraction of sp³-hybridized carbons (Fsp3) is 0.818. The van der Waals surface area contributed by atoms with Gasteiger partial charge in [0.2, 0.25) is 11.8 Å². The Morgan fingerprint density at radius 1 is 1.56 bits per heavy atom. The Bertz CT molecular complexity index is 295. The molecule has 2 aliphatic heterocycles. The summed E-state index contributed by atoms with van der Waals surface area (Å²) in [4.78, 5) is 24.5. The van der Waals surface area contributed by atoms with Gasteiger partial charge in [-0.25, -0.2) is 0 Å². The maximum absolute atomic E-state index is 11.8. The topological polar surface area (TPSA) is 70.7 Å². The third-order valence-electron chi connectivity index (χ3n) is 3.06. The molecule has 0 aromatic rings. The van der Waals surface area contributed by atoms with Crippen molar-refractivity contribution >= 4 is 24.2 Å². The first-order chi connectivity index (χ1) is 8.25. The van der Waals surface area contributed by atoms with E-state index in [-0.39, 0.29) is 43.4 Å². The van der Waals surface area contributed by atoms with Gasteiger partial charge in [-0.2, -0.15) is 0 Å². The van der Waals surface area contributed by atoms with Crippen LogP contribution < -0.4 is 10.6 Å². The first-order valence-electron chi connectivity index (χ1n) is 6.12. The molecule has 6 nitrogen and oxygen atoms in total. The fourth-order valence-corrected chi connectivity index (χ4v) is 2.11. The second-order valence-corrected chi connectivity index (χ2v) is 4.43. The van der Waals surface area contributed by atoms with Gasteiger partial charge in [0, 0.05) is 26.2 Å². The smallest absolute Gasteiger partial charge is 0.239 e. The Morgan fingerprint density at radius 2 is 2.39 bits per heavy atom. The van der Waals surface area contributed by atoms with E-state index < -0.39 is 0 Å². The van der Waals surface area contributed by atoms with E-state index in [9.17, 15) is 9.59 Å². The molecule has 2 rings (SSSR count). The van der Waals surface area contributed by atoms with E-state index in [1.807, 2.05) is 0 Å². The molecule has 1 unspecified atom stereocenters. The zero-order valence-corrected chi connectivity index (χ0v) is 11.1. The standard InChI is InChI=1S/C11H19N3O3.ClH/c15-10-8-14(4-3-13-10)11(16)7-12-6-9-2-1-5-17-9;/h9,12H,1-8H2,(H,13,15);1H. The molecule has 104 valence electrons. The van der Waals surface area contributed by atoms with Gasteiger partial charge in [0.05, 0.1) is 19.2 Å². The number of hydrogen-bond acceptors (Lipinski definition) is 4. The summed E-state index contributed by atoms with van der Waals surface area (Å²) < 4.78 is 5.45. The summed E-state index contributed by atoms with van der Waals surface area (Å²) in [7, 11) is 0. The molecule has 2 fully saturated rings. The first-order valence-corrected chi connectivity index (χ1v) is 6.12. The first kappa shape index (κ1) is 15.2. The summed E-state index contributed by atoms with van der Waals surface area (Å²) in [5.74, 6) is -0.0958. The van der Waals surface area contributed by atoms with Gasteiger partial charge in [0.15, 0.2) is 0 Å². The predicted molar refractivity (Wildman–Crippen MR) is 68.7 cm³/mol. The summed E-state index contributed by atoms with van der Waals surface area (Å²) >= 11 is 0. The molecular formula is C11H20ClN3O3. The van der Waals surface area contributed by atoms with Gasteiger partial charge >= 0.3 is 0 Å². The number of ether oxygens (including phenoxy) is 1. The predicted octanol–water partition coefficient (Wildman–Crippen LogP) is -0.865. The van der Waals surface area contributed by atoms with Crippen molar-refractivity contribution < 1.29 is 14.3 Å². The molecule has 0 radical (unpaired) electrons. The lowest BCUT2D eigenvalue weighted by atomic mass is 10.2. The number of hydrogen-bond donors (Lipinski definition) is 2. The van der Waals surface area contributed by atoms with Crippen molar-refractivity contribution in [2.45, 2.75) is 18.9 Å². The van der Waals surface area contributed by atoms with Crippen molar-refractivity contribution in [3.8, 4) is 0 Å². The molecular weight excluding hydrogens is 258 g/mol. The van der Waals surface area contributed by atoms with E-state index in [1.54, 1.807) is 4.90 Å². The monoisotopic (exact) mass is 277 g/mol. The van der Waals surface area contributed by atoms with E-state index in [4.69, 9.17) is 4.74 Å². The number of carbonyl (C=O) groups is 2. The van der Waals surface area contributed by atoms with Gasteiger partial charge in [0.1, 0.15) is 0 Å². The molecule has 0 aromatic carbocycles. The van der Waals surface area contributed by atoms with Crippen molar-refractivity contribution in [2.75, 3.05) is 39.3 Å². The molecule has 2 saturated heterocycles. The number of nitrogens with zero attached hydrogens (tertiary/aromatic N) is 1. The Kier molecular flexibility index (Phi) is 6.38. The van der Waals surface area contributed by atoms with Crippen molar-refractivity contribution in [1.82, 2.24) is 15.5 Å². The quantitative estimate of drug-likeness (QED) is 0.701. The minimum Gasteiger partial charge on any atom is -0.377 e. The van der Waals surface area contributed by atoms with Crippen molar-refractivity contribution in [1.29, 1.82) is 0 Å². The van der Waals surface area contributed by atoms with E-state index in [2.05, 4.69) is 10.6 Å². The number of piperazine rings is 1. The summed E-state index contributed by atoms with van der Waals surface area (Å²) in [6, 6.07) is 0. The van der Waals surface area contributed by atoms with Gasteiger partial charge in [-0.05, 0) is 12.8 Å².